The maximum Gasteiger partial charge on any atom is 0.374 e. The summed E-state index contributed by atoms with van der Waals surface area (Å²) < 4.78 is 4.25. The van der Waals surface area contributed by atoms with E-state index in [9.17, 15) is 4.79 Å². The molecule has 14 heavy (non-hydrogen) atoms. The lowest BCUT2D eigenvalue weighted by Crippen LogP contribution is -2.12. The quantitative estimate of drug-likeness (QED) is 0.697. The van der Waals surface area contributed by atoms with Crippen molar-refractivity contribution in [2.75, 3.05) is 7.11 Å². The van der Waals surface area contributed by atoms with Gasteiger partial charge in [-0.3, -0.25) is 0 Å². The Hall–Kier alpha value is -1.40. The summed E-state index contributed by atoms with van der Waals surface area (Å²) in [6, 6.07) is 1.96. The molecule has 1 aromatic heterocycles. The minimum atomic E-state index is -1.09. The van der Waals surface area contributed by atoms with Gasteiger partial charge in [-0.2, -0.15) is 5.48 Å². The van der Waals surface area contributed by atoms with E-state index in [0.29, 0.717) is 6.04 Å². The summed E-state index contributed by atoms with van der Waals surface area (Å²) in [7, 11) is 1.65. The van der Waals surface area contributed by atoms with Gasteiger partial charge in [-0.1, -0.05) is 5.16 Å². The summed E-state index contributed by atoms with van der Waals surface area (Å²) in [6.45, 7) is 0. The van der Waals surface area contributed by atoms with E-state index in [1.54, 1.807) is 7.11 Å². The van der Waals surface area contributed by atoms with Crippen molar-refractivity contribution in [3.63, 3.8) is 0 Å². The van der Waals surface area contributed by atoms with E-state index >= 15 is 0 Å². The topological polar surface area (TPSA) is 84.6 Å². The average Bonchev–Trinajstić information content (AvgIpc) is 2.82. The highest BCUT2D eigenvalue weighted by atomic mass is 16.6. The van der Waals surface area contributed by atoms with E-state index < -0.39 is 5.97 Å². The Morgan fingerprint density at radius 1 is 1.79 bits per heavy atom. The highest BCUT2D eigenvalue weighted by molar-refractivity contribution is 5.83. The van der Waals surface area contributed by atoms with Gasteiger partial charge >= 0.3 is 5.97 Å². The van der Waals surface area contributed by atoms with E-state index in [4.69, 9.17) is 5.11 Å². The molecule has 1 aliphatic rings. The zero-order chi connectivity index (χ0) is 10.4. The van der Waals surface area contributed by atoms with Crippen LogP contribution in [-0.4, -0.2) is 29.4 Å². The molecule has 1 fully saturated rings. The molecule has 0 saturated heterocycles. The molecule has 0 unspecified atom stereocenters. The molecule has 2 rings (SSSR count). The number of carbonyl (C=O) groups is 1. The Labute approximate surface area is 80.8 Å². The predicted octanol–water partition coefficient (Wildman–Crippen LogP) is 0.673. The first-order valence-electron chi connectivity index (χ1n) is 4.16. The van der Waals surface area contributed by atoms with Gasteiger partial charge in [-0.15, -0.1) is 0 Å². The number of carboxylic acids is 1. The van der Waals surface area contributed by atoms with Crippen molar-refractivity contribution < 1.29 is 19.3 Å². The third-order valence-electron chi connectivity index (χ3n) is 1.51. The van der Waals surface area contributed by atoms with Crippen LogP contribution in [0, 0.1) is 0 Å². The lowest BCUT2D eigenvalue weighted by molar-refractivity contribution is 0.0652. The highest BCUT2D eigenvalue weighted by Gasteiger charge is 2.19. The summed E-state index contributed by atoms with van der Waals surface area (Å²) in [4.78, 5) is 14.5. The van der Waals surface area contributed by atoms with Crippen LogP contribution in [0.4, 0.5) is 0 Å². The third-order valence-corrected chi connectivity index (χ3v) is 1.51. The molecule has 0 amide bonds. The smallest absolute Gasteiger partial charge is 0.374 e. The largest absolute Gasteiger partial charge is 0.475 e. The molecule has 0 bridgehead atoms. The molecule has 1 aromatic rings. The predicted molar refractivity (Wildman–Crippen MR) is 46.6 cm³/mol. The number of aromatic carboxylic acids is 1. The van der Waals surface area contributed by atoms with Crippen molar-refractivity contribution in [1.82, 2.24) is 10.6 Å². The summed E-state index contributed by atoms with van der Waals surface area (Å²) >= 11 is 0. The van der Waals surface area contributed by atoms with E-state index in [2.05, 4.69) is 20.0 Å². The third kappa shape index (κ3) is 4.01. The van der Waals surface area contributed by atoms with Crippen molar-refractivity contribution in [3.8, 4) is 0 Å². The van der Waals surface area contributed by atoms with Crippen LogP contribution in [0.25, 0.3) is 0 Å². The minimum Gasteiger partial charge on any atom is -0.475 e. The zero-order valence-corrected chi connectivity index (χ0v) is 7.77. The first-order valence-corrected chi connectivity index (χ1v) is 4.16. The molecule has 0 aromatic carbocycles. The number of hydroxylamine groups is 1. The van der Waals surface area contributed by atoms with Gasteiger partial charge in [-0.05, 0) is 12.8 Å². The number of hydrogen-bond acceptors (Lipinski definition) is 5. The Kier molecular flexibility index (Phi) is 4.09. The number of hydrogen-bond donors (Lipinski definition) is 2. The molecule has 2 N–H and O–H groups in total. The van der Waals surface area contributed by atoms with Crippen LogP contribution in [-0.2, 0) is 4.84 Å². The van der Waals surface area contributed by atoms with Gasteiger partial charge in [0, 0.05) is 12.1 Å². The molecule has 0 radical (unpaired) electrons. The molecule has 78 valence electrons. The number of aromatic nitrogens is 1. The van der Waals surface area contributed by atoms with Crippen LogP contribution in [0.5, 0.6) is 0 Å². The fraction of sp³-hybridized carbons (Fsp3) is 0.500. The second-order valence-electron chi connectivity index (χ2n) is 2.78. The lowest BCUT2D eigenvalue weighted by atomic mass is 10.5. The van der Waals surface area contributed by atoms with Crippen LogP contribution < -0.4 is 5.48 Å². The SMILES string of the molecule is CONC1CC1.O=C(O)c1ccno1. The van der Waals surface area contributed by atoms with E-state index in [0.717, 1.165) is 0 Å². The Morgan fingerprint density at radius 3 is 2.71 bits per heavy atom. The van der Waals surface area contributed by atoms with E-state index in [1.165, 1.54) is 25.1 Å². The second kappa shape index (κ2) is 5.36. The fourth-order valence-corrected chi connectivity index (χ4v) is 0.694. The molecule has 0 spiro atoms. The molecule has 0 atom stereocenters. The molecule has 1 saturated carbocycles. The highest BCUT2D eigenvalue weighted by Crippen LogP contribution is 2.17. The van der Waals surface area contributed by atoms with Crippen molar-refractivity contribution in [3.05, 3.63) is 18.0 Å². The van der Waals surface area contributed by atoms with E-state index in [-0.39, 0.29) is 5.76 Å². The zero-order valence-electron chi connectivity index (χ0n) is 7.77. The first-order chi connectivity index (χ1) is 6.74. The van der Waals surface area contributed by atoms with E-state index in [1.807, 2.05) is 0 Å². The van der Waals surface area contributed by atoms with Crippen molar-refractivity contribution in [2.24, 2.45) is 0 Å². The Balaban J connectivity index is 0.000000146. The average molecular weight is 200 g/mol. The second-order valence-corrected chi connectivity index (χ2v) is 2.78. The maximum atomic E-state index is 9.93. The van der Waals surface area contributed by atoms with Crippen LogP contribution >= 0.6 is 0 Å². The van der Waals surface area contributed by atoms with Gasteiger partial charge in [-0.25, -0.2) is 4.79 Å². The number of carboxylic acid groups (broad SMARTS) is 1. The summed E-state index contributed by atoms with van der Waals surface area (Å²) in [5.74, 6) is -1.23. The summed E-state index contributed by atoms with van der Waals surface area (Å²) in [5, 5.41) is 11.3. The van der Waals surface area contributed by atoms with Crippen molar-refractivity contribution >= 4 is 5.97 Å². The molecule has 0 aliphatic heterocycles. The van der Waals surface area contributed by atoms with Gasteiger partial charge in [0.1, 0.15) is 0 Å². The summed E-state index contributed by atoms with van der Waals surface area (Å²) in [6.07, 6.45) is 3.85. The van der Waals surface area contributed by atoms with Gasteiger partial charge < -0.3 is 14.5 Å². The molecule has 6 heteroatoms. The van der Waals surface area contributed by atoms with Crippen molar-refractivity contribution in [1.29, 1.82) is 0 Å². The van der Waals surface area contributed by atoms with Gasteiger partial charge in [0.05, 0.1) is 13.3 Å². The molecular weight excluding hydrogens is 188 g/mol. The molecular formula is C8H12N2O4. The monoisotopic (exact) mass is 200 g/mol. The normalized spacial score (nSPS) is 14.4. The number of rotatable bonds is 3. The molecule has 1 heterocycles. The van der Waals surface area contributed by atoms with Gasteiger partial charge in [0.15, 0.2) is 0 Å². The van der Waals surface area contributed by atoms with Gasteiger partial charge in [0.25, 0.3) is 0 Å². The van der Waals surface area contributed by atoms with Crippen LogP contribution in [0.15, 0.2) is 16.8 Å². The van der Waals surface area contributed by atoms with Crippen LogP contribution in [0.3, 0.4) is 0 Å². The van der Waals surface area contributed by atoms with Gasteiger partial charge in [0.2, 0.25) is 5.76 Å². The van der Waals surface area contributed by atoms with Crippen molar-refractivity contribution in [2.45, 2.75) is 18.9 Å². The van der Waals surface area contributed by atoms with Crippen LogP contribution in [0.1, 0.15) is 23.4 Å². The maximum absolute atomic E-state index is 9.93. The first kappa shape index (κ1) is 10.7. The fourth-order valence-electron chi connectivity index (χ4n) is 0.694. The Bertz CT molecular complexity index is 269. The Morgan fingerprint density at radius 2 is 2.50 bits per heavy atom. The lowest BCUT2D eigenvalue weighted by Gasteiger charge is -1.91. The molecule has 1 aliphatic carbocycles. The molecule has 6 nitrogen and oxygen atoms in total. The summed E-state index contributed by atoms with van der Waals surface area (Å²) in [5.41, 5.74) is 2.82. The standard InChI is InChI=1S/C4H3NO3.C4H9NO/c6-4(7)3-1-2-5-8-3;1-6-5-4-2-3-4/h1-2H,(H,6,7);4-5H,2-3H2,1H3. The van der Waals surface area contributed by atoms with Crippen LogP contribution in [0.2, 0.25) is 0 Å². The number of nitrogens with one attached hydrogen (secondary N) is 1. The number of nitrogens with zero attached hydrogens (tertiary/aromatic N) is 1. The minimum absolute atomic E-state index is 0.134.